The Morgan fingerprint density at radius 1 is 1.20 bits per heavy atom. The van der Waals surface area contributed by atoms with Crippen LogP contribution < -0.4 is 15.6 Å². The van der Waals surface area contributed by atoms with E-state index in [1.54, 1.807) is 18.2 Å². The van der Waals surface area contributed by atoms with Crippen LogP contribution in [0.5, 0.6) is 5.75 Å². The molecule has 0 saturated heterocycles. The number of rotatable bonds is 6. The predicted octanol–water partition coefficient (Wildman–Crippen LogP) is 0.711. The molecule has 2 amide bonds. The molecule has 1 aromatic rings. The van der Waals surface area contributed by atoms with Gasteiger partial charge in [0, 0.05) is 18.4 Å². The van der Waals surface area contributed by atoms with Gasteiger partial charge in [0.15, 0.2) is 0 Å². The van der Waals surface area contributed by atoms with Crippen LogP contribution in [0.25, 0.3) is 0 Å². The standard InChI is InChI=1S/C13H16N2O5/c1-20-10-5-2-4-9(8-10)13(19)15-14-11(16)6-3-7-12(17)18/h2,4-5,8H,3,6-7H2,1H3,(H,14,16)(H,15,19)(H,17,18). The second-order valence-corrected chi connectivity index (χ2v) is 3.98. The molecule has 0 fully saturated rings. The number of carbonyl (C=O) groups excluding carboxylic acids is 2. The Morgan fingerprint density at radius 2 is 1.95 bits per heavy atom. The van der Waals surface area contributed by atoms with E-state index in [4.69, 9.17) is 9.84 Å². The summed E-state index contributed by atoms with van der Waals surface area (Å²) in [6.45, 7) is 0. The van der Waals surface area contributed by atoms with Gasteiger partial charge in [-0.3, -0.25) is 25.2 Å². The number of ether oxygens (including phenoxy) is 1. The van der Waals surface area contributed by atoms with Crippen LogP contribution in [-0.4, -0.2) is 30.0 Å². The maximum absolute atomic E-state index is 11.7. The lowest BCUT2D eigenvalue weighted by Gasteiger charge is -2.08. The van der Waals surface area contributed by atoms with Crippen molar-refractivity contribution in [3.05, 3.63) is 29.8 Å². The molecule has 7 heteroatoms. The monoisotopic (exact) mass is 280 g/mol. The number of amides is 2. The minimum absolute atomic E-state index is 0.0324. The Hall–Kier alpha value is -2.57. The van der Waals surface area contributed by atoms with Gasteiger partial charge in [0.1, 0.15) is 5.75 Å². The average Bonchev–Trinajstić information content (AvgIpc) is 2.44. The molecule has 0 radical (unpaired) electrons. The van der Waals surface area contributed by atoms with Crippen molar-refractivity contribution < 1.29 is 24.2 Å². The summed E-state index contributed by atoms with van der Waals surface area (Å²) in [6.07, 6.45) is 0.165. The number of hydrazine groups is 1. The first-order valence-electron chi connectivity index (χ1n) is 5.98. The first kappa shape index (κ1) is 15.5. The maximum atomic E-state index is 11.7. The number of methoxy groups -OCH3 is 1. The van der Waals surface area contributed by atoms with Crippen LogP contribution in [0.1, 0.15) is 29.6 Å². The van der Waals surface area contributed by atoms with Gasteiger partial charge in [-0.05, 0) is 24.6 Å². The highest BCUT2D eigenvalue weighted by molar-refractivity contribution is 5.95. The smallest absolute Gasteiger partial charge is 0.303 e. The van der Waals surface area contributed by atoms with Crippen LogP contribution in [0.3, 0.4) is 0 Å². The Kier molecular flexibility index (Phi) is 6.02. The number of carbonyl (C=O) groups is 3. The van der Waals surface area contributed by atoms with Crippen LogP contribution in [-0.2, 0) is 9.59 Å². The lowest BCUT2D eigenvalue weighted by molar-refractivity contribution is -0.137. The molecule has 1 aromatic carbocycles. The van der Waals surface area contributed by atoms with Crippen molar-refractivity contribution in [3.8, 4) is 5.75 Å². The molecule has 3 N–H and O–H groups in total. The molecular formula is C13H16N2O5. The molecule has 1 rings (SSSR count). The molecule has 0 aliphatic rings. The largest absolute Gasteiger partial charge is 0.497 e. The third-order valence-electron chi connectivity index (χ3n) is 2.44. The summed E-state index contributed by atoms with van der Waals surface area (Å²) in [7, 11) is 1.49. The summed E-state index contributed by atoms with van der Waals surface area (Å²) in [5.74, 6) is -1.35. The molecule has 0 atom stereocenters. The molecule has 0 aliphatic heterocycles. The number of nitrogens with one attached hydrogen (secondary N) is 2. The van der Waals surface area contributed by atoms with E-state index in [-0.39, 0.29) is 19.3 Å². The zero-order valence-electron chi connectivity index (χ0n) is 11.0. The summed E-state index contributed by atoms with van der Waals surface area (Å²) < 4.78 is 4.98. The molecule has 0 unspecified atom stereocenters. The van der Waals surface area contributed by atoms with Crippen LogP contribution in [0.15, 0.2) is 24.3 Å². The Labute approximate surface area is 115 Å². The number of hydrogen-bond acceptors (Lipinski definition) is 4. The molecule has 0 aliphatic carbocycles. The van der Waals surface area contributed by atoms with E-state index in [0.29, 0.717) is 11.3 Å². The van der Waals surface area contributed by atoms with Gasteiger partial charge in [-0.25, -0.2) is 0 Å². The lowest BCUT2D eigenvalue weighted by Crippen LogP contribution is -2.41. The van der Waals surface area contributed by atoms with Gasteiger partial charge >= 0.3 is 5.97 Å². The lowest BCUT2D eigenvalue weighted by atomic mass is 10.2. The van der Waals surface area contributed by atoms with Gasteiger partial charge < -0.3 is 9.84 Å². The van der Waals surface area contributed by atoms with Crippen molar-refractivity contribution in [1.82, 2.24) is 10.9 Å². The minimum Gasteiger partial charge on any atom is -0.497 e. The van der Waals surface area contributed by atoms with Crippen molar-refractivity contribution in [2.45, 2.75) is 19.3 Å². The molecule has 0 spiro atoms. The predicted molar refractivity (Wildman–Crippen MR) is 70.1 cm³/mol. The summed E-state index contributed by atoms with van der Waals surface area (Å²) in [5, 5.41) is 8.43. The van der Waals surface area contributed by atoms with Crippen LogP contribution in [0, 0.1) is 0 Å². The second kappa shape index (κ2) is 7.78. The highest BCUT2D eigenvalue weighted by atomic mass is 16.5. The minimum atomic E-state index is -0.960. The third-order valence-corrected chi connectivity index (χ3v) is 2.44. The van der Waals surface area contributed by atoms with E-state index in [2.05, 4.69) is 10.9 Å². The topological polar surface area (TPSA) is 105 Å². The molecule has 7 nitrogen and oxygen atoms in total. The van der Waals surface area contributed by atoms with Crippen molar-refractivity contribution in [2.24, 2.45) is 0 Å². The number of aliphatic carboxylic acids is 1. The zero-order valence-corrected chi connectivity index (χ0v) is 11.0. The highest BCUT2D eigenvalue weighted by Crippen LogP contribution is 2.11. The molecule has 0 heterocycles. The molecule has 0 saturated carbocycles. The molecule has 0 aromatic heterocycles. The average molecular weight is 280 g/mol. The van der Waals surface area contributed by atoms with Gasteiger partial charge in [-0.15, -0.1) is 0 Å². The van der Waals surface area contributed by atoms with Gasteiger partial charge in [-0.2, -0.15) is 0 Å². The van der Waals surface area contributed by atoms with E-state index < -0.39 is 17.8 Å². The maximum Gasteiger partial charge on any atom is 0.303 e. The second-order valence-electron chi connectivity index (χ2n) is 3.98. The first-order chi connectivity index (χ1) is 9.52. The van der Waals surface area contributed by atoms with Gasteiger partial charge in [0.05, 0.1) is 7.11 Å². The number of benzene rings is 1. The SMILES string of the molecule is COc1cccc(C(=O)NNC(=O)CCCC(=O)O)c1. The van der Waals surface area contributed by atoms with Crippen LogP contribution in [0.4, 0.5) is 0 Å². The Morgan fingerprint density at radius 3 is 2.60 bits per heavy atom. The van der Waals surface area contributed by atoms with E-state index in [1.165, 1.54) is 13.2 Å². The van der Waals surface area contributed by atoms with E-state index in [1.807, 2.05) is 0 Å². The van der Waals surface area contributed by atoms with Gasteiger partial charge in [-0.1, -0.05) is 6.07 Å². The fraction of sp³-hybridized carbons (Fsp3) is 0.308. The quantitative estimate of drug-likeness (QED) is 0.666. The van der Waals surface area contributed by atoms with Crippen molar-refractivity contribution >= 4 is 17.8 Å². The molecule has 20 heavy (non-hydrogen) atoms. The first-order valence-corrected chi connectivity index (χ1v) is 5.98. The molecule has 0 bridgehead atoms. The highest BCUT2D eigenvalue weighted by Gasteiger charge is 2.08. The van der Waals surface area contributed by atoms with Gasteiger partial charge in [0.25, 0.3) is 5.91 Å². The summed E-state index contributed by atoms with van der Waals surface area (Å²) in [5.41, 5.74) is 4.81. The molecular weight excluding hydrogens is 264 g/mol. The number of carboxylic acids is 1. The van der Waals surface area contributed by atoms with E-state index >= 15 is 0 Å². The van der Waals surface area contributed by atoms with Crippen molar-refractivity contribution in [2.75, 3.05) is 7.11 Å². The van der Waals surface area contributed by atoms with E-state index in [9.17, 15) is 14.4 Å². The summed E-state index contributed by atoms with van der Waals surface area (Å²) in [6, 6.07) is 6.46. The third kappa shape index (κ3) is 5.38. The van der Waals surface area contributed by atoms with Crippen LogP contribution in [0.2, 0.25) is 0 Å². The number of hydrogen-bond donors (Lipinski definition) is 3. The Balaban J connectivity index is 2.38. The van der Waals surface area contributed by atoms with E-state index in [0.717, 1.165) is 0 Å². The van der Waals surface area contributed by atoms with Crippen LogP contribution >= 0.6 is 0 Å². The van der Waals surface area contributed by atoms with Crippen molar-refractivity contribution in [3.63, 3.8) is 0 Å². The summed E-state index contributed by atoms with van der Waals surface area (Å²) in [4.78, 5) is 33.3. The zero-order chi connectivity index (χ0) is 15.0. The fourth-order valence-electron chi connectivity index (χ4n) is 1.43. The molecule has 108 valence electrons. The normalized spacial score (nSPS) is 9.65. The fourth-order valence-corrected chi connectivity index (χ4v) is 1.43. The summed E-state index contributed by atoms with van der Waals surface area (Å²) >= 11 is 0. The van der Waals surface area contributed by atoms with Gasteiger partial charge in [0.2, 0.25) is 5.91 Å². The Bertz CT molecular complexity index is 501. The van der Waals surface area contributed by atoms with Crippen molar-refractivity contribution in [1.29, 1.82) is 0 Å². The number of carboxylic acid groups (broad SMARTS) is 1.